The Morgan fingerprint density at radius 1 is 1.36 bits per heavy atom. The summed E-state index contributed by atoms with van der Waals surface area (Å²) in [6.07, 6.45) is 1.88. The fourth-order valence-electron chi connectivity index (χ4n) is 2.83. The minimum Gasteiger partial charge on any atom is -0.493 e. The number of hydrogen-bond donors (Lipinski definition) is 1. The first-order valence-corrected chi connectivity index (χ1v) is 9.02. The molecular formula is C17H24BrNO3. The maximum atomic E-state index is 12.0. The molecule has 2 rings (SSSR count). The Balaban J connectivity index is 2.01. The van der Waals surface area contributed by atoms with Crippen molar-refractivity contribution in [2.45, 2.75) is 25.7 Å². The number of nitrogens with one attached hydrogen (secondary N) is 1. The minimum atomic E-state index is -0.0841. The molecule has 1 saturated heterocycles. The molecule has 1 fully saturated rings. The van der Waals surface area contributed by atoms with E-state index in [-0.39, 0.29) is 11.9 Å². The molecule has 0 aliphatic carbocycles. The number of rotatable bonds is 6. The first kappa shape index (κ1) is 17.3. The summed E-state index contributed by atoms with van der Waals surface area (Å²) in [6, 6.07) is 8.24. The Morgan fingerprint density at radius 2 is 2.14 bits per heavy atom. The molecule has 1 aromatic carbocycles. The van der Waals surface area contributed by atoms with Gasteiger partial charge in [-0.25, -0.2) is 0 Å². The largest absolute Gasteiger partial charge is 0.493 e. The fourth-order valence-corrected chi connectivity index (χ4v) is 2.99. The van der Waals surface area contributed by atoms with Gasteiger partial charge in [0.05, 0.1) is 19.1 Å². The number of hydrogen-bond acceptors (Lipinski definition) is 4. The Hall–Kier alpha value is -1.07. The summed E-state index contributed by atoms with van der Waals surface area (Å²) in [5.41, 5.74) is 1.27. The van der Waals surface area contributed by atoms with Crippen molar-refractivity contribution in [2.24, 2.45) is 5.92 Å². The van der Waals surface area contributed by atoms with Crippen LogP contribution in [0.1, 0.15) is 31.2 Å². The molecule has 0 amide bonds. The number of ether oxygens (including phenoxy) is 2. The van der Waals surface area contributed by atoms with Crippen LogP contribution in [0.2, 0.25) is 0 Å². The molecule has 22 heavy (non-hydrogen) atoms. The van der Waals surface area contributed by atoms with Crippen LogP contribution in [0.3, 0.4) is 0 Å². The molecule has 4 nitrogen and oxygen atoms in total. The molecule has 0 saturated carbocycles. The van der Waals surface area contributed by atoms with Gasteiger partial charge in [0.25, 0.3) is 0 Å². The third-order valence-electron chi connectivity index (χ3n) is 3.95. The highest BCUT2D eigenvalue weighted by atomic mass is 79.9. The van der Waals surface area contributed by atoms with E-state index in [1.165, 1.54) is 5.56 Å². The monoisotopic (exact) mass is 369 g/mol. The van der Waals surface area contributed by atoms with E-state index in [1.54, 1.807) is 0 Å². The molecule has 1 unspecified atom stereocenters. The van der Waals surface area contributed by atoms with Gasteiger partial charge in [0.15, 0.2) is 0 Å². The molecule has 1 N–H and O–H groups in total. The molecule has 1 heterocycles. The average molecular weight is 370 g/mol. The van der Waals surface area contributed by atoms with Crippen LogP contribution in [0.15, 0.2) is 24.3 Å². The highest BCUT2D eigenvalue weighted by molar-refractivity contribution is 9.09. The van der Waals surface area contributed by atoms with Crippen molar-refractivity contribution >= 4 is 21.9 Å². The molecule has 0 bridgehead atoms. The van der Waals surface area contributed by atoms with Gasteiger partial charge in [-0.15, -0.1) is 0 Å². The fraction of sp³-hybridized carbons (Fsp3) is 0.588. The summed E-state index contributed by atoms with van der Waals surface area (Å²) in [4.78, 5) is 12.0. The minimum absolute atomic E-state index is 0.0585. The van der Waals surface area contributed by atoms with Gasteiger partial charge in [-0.1, -0.05) is 28.1 Å². The van der Waals surface area contributed by atoms with Crippen molar-refractivity contribution in [1.29, 1.82) is 0 Å². The summed E-state index contributed by atoms with van der Waals surface area (Å²) in [7, 11) is 0. The molecule has 1 aliphatic heterocycles. The molecule has 0 radical (unpaired) electrons. The van der Waals surface area contributed by atoms with Crippen LogP contribution < -0.4 is 10.1 Å². The quantitative estimate of drug-likeness (QED) is 0.618. The van der Waals surface area contributed by atoms with Crippen molar-refractivity contribution in [3.05, 3.63) is 29.8 Å². The van der Waals surface area contributed by atoms with E-state index in [2.05, 4.69) is 33.4 Å². The van der Waals surface area contributed by atoms with E-state index in [1.807, 2.05) is 19.1 Å². The van der Waals surface area contributed by atoms with Gasteiger partial charge in [0.2, 0.25) is 0 Å². The summed E-state index contributed by atoms with van der Waals surface area (Å²) < 4.78 is 10.8. The lowest BCUT2D eigenvalue weighted by Crippen LogP contribution is -2.28. The lowest BCUT2D eigenvalue weighted by atomic mass is 9.87. The van der Waals surface area contributed by atoms with Crippen LogP contribution in [-0.4, -0.2) is 37.6 Å². The number of carbonyl (C=O) groups excluding carboxylic acids is 1. The molecule has 122 valence electrons. The number of benzene rings is 1. The van der Waals surface area contributed by atoms with Gasteiger partial charge in [-0.2, -0.15) is 0 Å². The zero-order chi connectivity index (χ0) is 15.8. The van der Waals surface area contributed by atoms with Crippen molar-refractivity contribution < 1.29 is 14.3 Å². The van der Waals surface area contributed by atoms with E-state index in [9.17, 15) is 4.79 Å². The molecule has 0 spiro atoms. The Bertz CT molecular complexity index is 463. The van der Waals surface area contributed by atoms with Gasteiger partial charge in [-0.3, -0.25) is 4.79 Å². The maximum absolute atomic E-state index is 12.0. The van der Waals surface area contributed by atoms with Crippen molar-refractivity contribution in [3.63, 3.8) is 0 Å². The van der Waals surface area contributed by atoms with Gasteiger partial charge in [0.1, 0.15) is 5.75 Å². The molecule has 1 aliphatic rings. The van der Waals surface area contributed by atoms with Crippen LogP contribution in [0.25, 0.3) is 0 Å². The zero-order valence-electron chi connectivity index (χ0n) is 13.0. The average Bonchev–Trinajstić information content (AvgIpc) is 2.80. The van der Waals surface area contributed by atoms with Gasteiger partial charge >= 0.3 is 5.97 Å². The molecule has 1 aromatic rings. The van der Waals surface area contributed by atoms with Gasteiger partial charge in [-0.05, 0) is 49.9 Å². The number of alkyl halides is 1. The summed E-state index contributed by atoms with van der Waals surface area (Å²) in [5, 5.41) is 4.17. The lowest BCUT2D eigenvalue weighted by Gasteiger charge is -2.19. The summed E-state index contributed by atoms with van der Waals surface area (Å²) in [6.45, 7) is 4.60. The molecular weight excluding hydrogens is 346 g/mol. The second-order valence-electron chi connectivity index (χ2n) is 5.48. The van der Waals surface area contributed by atoms with E-state index < -0.39 is 0 Å². The summed E-state index contributed by atoms with van der Waals surface area (Å²) >= 11 is 3.35. The van der Waals surface area contributed by atoms with E-state index in [0.717, 1.165) is 30.5 Å². The first-order valence-electron chi connectivity index (χ1n) is 7.90. The van der Waals surface area contributed by atoms with Gasteiger partial charge in [0, 0.05) is 11.9 Å². The lowest BCUT2D eigenvalue weighted by molar-refractivity contribution is -0.148. The van der Waals surface area contributed by atoms with Gasteiger partial charge < -0.3 is 14.8 Å². The third-order valence-corrected chi connectivity index (χ3v) is 4.27. The first-order chi connectivity index (χ1) is 10.7. The zero-order valence-corrected chi connectivity index (χ0v) is 14.6. The third kappa shape index (κ3) is 4.99. The van der Waals surface area contributed by atoms with E-state index in [4.69, 9.17) is 9.47 Å². The van der Waals surface area contributed by atoms with Crippen LogP contribution in [0.4, 0.5) is 0 Å². The normalized spacial score (nSPS) is 21.9. The molecule has 2 atom stereocenters. The Labute approximate surface area is 140 Å². The highest BCUT2D eigenvalue weighted by Crippen LogP contribution is 2.30. The number of carbonyl (C=O) groups is 1. The Kier molecular flexibility index (Phi) is 7.19. The van der Waals surface area contributed by atoms with E-state index in [0.29, 0.717) is 25.7 Å². The van der Waals surface area contributed by atoms with E-state index >= 15 is 0 Å². The highest BCUT2D eigenvalue weighted by Gasteiger charge is 2.27. The summed E-state index contributed by atoms with van der Waals surface area (Å²) in [5.74, 6) is 1.13. The van der Waals surface area contributed by atoms with Crippen LogP contribution in [-0.2, 0) is 9.53 Å². The standard InChI is InChI=1S/C17H24BrNO3/c1-2-21-17(20)15-11-14(7-9-19-12-15)13-3-5-16(6-4-13)22-10-8-18/h3-6,14-15,19H,2,7-12H2,1H3/t14?,15-/m1/s1. The maximum Gasteiger partial charge on any atom is 0.310 e. The molecule has 5 heteroatoms. The predicted octanol–water partition coefficient (Wildman–Crippen LogP) is 3.11. The van der Waals surface area contributed by atoms with Crippen LogP contribution >= 0.6 is 15.9 Å². The van der Waals surface area contributed by atoms with Crippen molar-refractivity contribution in [1.82, 2.24) is 5.32 Å². The second kappa shape index (κ2) is 9.16. The second-order valence-corrected chi connectivity index (χ2v) is 6.27. The number of esters is 1. The van der Waals surface area contributed by atoms with Crippen LogP contribution in [0, 0.1) is 5.92 Å². The predicted molar refractivity (Wildman–Crippen MR) is 90.7 cm³/mol. The smallest absolute Gasteiger partial charge is 0.310 e. The number of halogens is 1. The van der Waals surface area contributed by atoms with Crippen molar-refractivity contribution in [3.8, 4) is 5.75 Å². The van der Waals surface area contributed by atoms with Crippen molar-refractivity contribution in [2.75, 3.05) is 31.6 Å². The SMILES string of the molecule is CCOC(=O)[C@H]1CNCCC(c2ccc(OCCBr)cc2)C1. The molecule has 0 aromatic heterocycles. The topological polar surface area (TPSA) is 47.6 Å². The van der Waals surface area contributed by atoms with Crippen LogP contribution in [0.5, 0.6) is 5.75 Å². The Morgan fingerprint density at radius 3 is 2.82 bits per heavy atom.